The molecule has 0 saturated carbocycles. The van der Waals surface area contributed by atoms with Gasteiger partial charge in [-0.3, -0.25) is 15.0 Å². The van der Waals surface area contributed by atoms with Crippen molar-refractivity contribution in [3.8, 4) is 11.5 Å². The van der Waals surface area contributed by atoms with Gasteiger partial charge in [-0.2, -0.15) is 0 Å². The molecule has 1 aliphatic rings. The second kappa shape index (κ2) is 14.1. The summed E-state index contributed by atoms with van der Waals surface area (Å²) in [5.74, 6) is 0.893. The Morgan fingerprint density at radius 3 is 2.48 bits per heavy atom. The number of hydrogen-bond acceptors (Lipinski definition) is 7. The van der Waals surface area contributed by atoms with Crippen molar-refractivity contribution in [2.24, 2.45) is 0 Å². The lowest BCUT2D eigenvalue weighted by Gasteiger charge is -2.19. The van der Waals surface area contributed by atoms with E-state index in [2.05, 4.69) is 35.9 Å². The molecule has 31 heavy (non-hydrogen) atoms. The van der Waals surface area contributed by atoms with Gasteiger partial charge in [0.15, 0.2) is 0 Å². The molecule has 8 heteroatoms. The second-order valence-electron chi connectivity index (χ2n) is 7.98. The zero-order chi connectivity index (χ0) is 22.5. The quantitative estimate of drug-likeness (QED) is 0.234. The average molecular weight is 437 g/mol. The van der Waals surface area contributed by atoms with Crippen LogP contribution >= 0.6 is 0 Å². The largest absolute Gasteiger partial charge is 0.492 e. The molecule has 8 nitrogen and oxygen atoms in total. The third-order valence-corrected chi connectivity index (χ3v) is 5.72. The van der Waals surface area contributed by atoms with Gasteiger partial charge in [0.25, 0.3) is 0 Å². The number of unbranched alkanes of at least 4 members (excludes halogenated alkanes) is 1. The first-order chi connectivity index (χ1) is 15.1. The maximum absolute atomic E-state index is 11.8. The lowest BCUT2D eigenvalue weighted by atomic mass is 10.2. The van der Waals surface area contributed by atoms with Crippen molar-refractivity contribution in [2.45, 2.75) is 52.9 Å². The predicted molar refractivity (Wildman–Crippen MR) is 126 cm³/mol. The van der Waals surface area contributed by atoms with Crippen LogP contribution in [0.1, 0.15) is 52.9 Å². The van der Waals surface area contributed by atoms with Gasteiger partial charge in [0.05, 0.1) is 11.5 Å². The van der Waals surface area contributed by atoms with E-state index in [0.717, 1.165) is 58.5 Å². The first kappa shape index (κ1) is 25.2. The van der Waals surface area contributed by atoms with Gasteiger partial charge in [-0.05, 0) is 51.9 Å². The van der Waals surface area contributed by atoms with Crippen LogP contribution in [0, 0.1) is 10.1 Å². The maximum atomic E-state index is 11.8. The molecule has 1 saturated heterocycles. The summed E-state index contributed by atoms with van der Waals surface area (Å²) in [6.45, 7) is 14.0. The third kappa shape index (κ3) is 8.53. The lowest BCUT2D eigenvalue weighted by Crippen LogP contribution is -2.25. The van der Waals surface area contributed by atoms with Gasteiger partial charge >= 0.3 is 5.69 Å². The molecule has 1 N–H and O–H groups in total. The average Bonchev–Trinajstić information content (AvgIpc) is 3.27. The Hall–Kier alpha value is -2.06. The predicted octanol–water partition coefficient (Wildman–Crippen LogP) is 4.39. The Morgan fingerprint density at radius 1 is 1.10 bits per heavy atom. The van der Waals surface area contributed by atoms with Gasteiger partial charge in [0, 0.05) is 31.8 Å². The number of ether oxygens (including phenoxy) is 2. The van der Waals surface area contributed by atoms with E-state index in [1.807, 2.05) is 0 Å². The summed E-state index contributed by atoms with van der Waals surface area (Å²) >= 11 is 0. The molecule has 0 bridgehead atoms. The molecule has 0 aromatic heterocycles. The van der Waals surface area contributed by atoms with Gasteiger partial charge in [0.2, 0.25) is 5.75 Å². The van der Waals surface area contributed by atoms with Crippen molar-refractivity contribution in [2.75, 3.05) is 64.3 Å². The number of anilines is 1. The highest BCUT2D eigenvalue weighted by Crippen LogP contribution is 2.39. The normalized spacial score (nSPS) is 14.2. The SMILES string of the molecule is CCCCNc1cc(OCCN2CCCC2)cc(OCCCN(CC)CC)c1[N+](=O)[O-]. The first-order valence-electron chi connectivity index (χ1n) is 11.9. The van der Waals surface area contributed by atoms with Crippen LogP contribution in [0.4, 0.5) is 11.4 Å². The van der Waals surface area contributed by atoms with Crippen LogP contribution in [-0.4, -0.2) is 73.8 Å². The minimum absolute atomic E-state index is 0.00849. The fourth-order valence-corrected chi connectivity index (χ4v) is 3.81. The van der Waals surface area contributed by atoms with Crippen molar-refractivity contribution in [1.82, 2.24) is 9.80 Å². The lowest BCUT2D eigenvalue weighted by molar-refractivity contribution is -0.385. The summed E-state index contributed by atoms with van der Waals surface area (Å²) in [4.78, 5) is 16.2. The number of nitro benzene ring substituents is 1. The zero-order valence-electron chi connectivity index (χ0n) is 19.5. The smallest absolute Gasteiger partial charge is 0.334 e. The molecule has 2 rings (SSSR count). The van der Waals surface area contributed by atoms with Gasteiger partial charge in [-0.1, -0.05) is 27.2 Å². The van der Waals surface area contributed by atoms with Crippen molar-refractivity contribution >= 4 is 11.4 Å². The van der Waals surface area contributed by atoms with Crippen molar-refractivity contribution in [3.63, 3.8) is 0 Å². The summed E-state index contributed by atoms with van der Waals surface area (Å²) in [6.07, 6.45) is 5.26. The fourth-order valence-electron chi connectivity index (χ4n) is 3.81. The Kier molecular flexibility index (Phi) is 11.5. The molecule has 176 valence electrons. The van der Waals surface area contributed by atoms with Crippen LogP contribution in [-0.2, 0) is 0 Å². The second-order valence-corrected chi connectivity index (χ2v) is 7.98. The number of nitro groups is 1. The maximum Gasteiger partial charge on any atom is 0.334 e. The number of hydrogen-bond donors (Lipinski definition) is 1. The Balaban J connectivity index is 2.09. The highest BCUT2D eigenvalue weighted by Gasteiger charge is 2.24. The molecule has 0 amide bonds. The van der Waals surface area contributed by atoms with E-state index < -0.39 is 0 Å². The van der Waals surface area contributed by atoms with Gasteiger partial charge < -0.3 is 19.7 Å². The molecule has 0 spiro atoms. The highest BCUT2D eigenvalue weighted by atomic mass is 16.6. The molecule has 1 heterocycles. The molecular weight excluding hydrogens is 396 g/mol. The van der Waals surface area contributed by atoms with Crippen LogP contribution in [0.25, 0.3) is 0 Å². The molecule has 1 fully saturated rings. The minimum atomic E-state index is -0.359. The molecule has 1 aromatic rings. The Labute approximate surface area is 187 Å². The minimum Gasteiger partial charge on any atom is -0.492 e. The summed E-state index contributed by atoms with van der Waals surface area (Å²) < 4.78 is 11.9. The Morgan fingerprint density at radius 2 is 1.84 bits per heavy atom. The summed E-state index contributed by atoms with van der Waals surface area (Å²) in [5.41, 5.74) is 0.460. The molecule has 0 radical (unpaired) electrons. The summed E-state index contributed by atoms with van der Waals surface area (Å²) in [6, 6.07) is 3.41. The highest BCUT2D eigenvalue weighted by molar-refractivity contribution is 5.71. The van der Waals surface area contributed by atoms with E-state index in [0.29, 0.717) is 31.2 Å². The number of rotatable bonds is 16. The number of benzene rings is 1. The van der Waals surface area contributed by atoms with E-state index in [9.17, 15) is 10.1 Å². The monoisotopic (exact) mass is 436 g/mol. The number of likely N-dealkylation sites (tertiary alicyclic amines) is 1. The summed E-state index contributed by atoms with van der Waals surface area (Å²) in [5, 5.41) is 15.1. The molecule has 0 unspecified atom stereocenters. The fraction of sp³-hybridized carbons (Fsp3) is 0.739. The van der Waals surface area contributed by atoms with Crippen LogP contribution in [0.3, 0.4) is 0 Å². The van der Waals surface area contributed by atoms with E-state index in [1.54, 1.807) is 12.1 Å². The van der Waals surface area contributed by atoms with Crippen LogP contribution < -0.4 is 14.8 Å². The van der Waals surface area contributed by atoms with E-state index in [4.69, 9.17) is 9.47 Å². The molecule has 0 atom stereocenters. The molecule has 0 aliphatic carbocycles. The van der Waals surface area contributed by atoms with E-state index in [-0.39, 0.29) is 16.4 Å². The van der Waals surface area contributed by atoms with Crippen molar-refractivity contribution in [1.29, 1.82) is 0 Å². The van der Waals surface area contributed by atoms with Crippen molar-refractivity contribution in [3.05, 3.63) is 22.2 Å². The third-order valence-electron chi connectivity index (χ3n) is 5.72. The first-order valence-corrected chi connectivity index (χ1v) is 11.9. The van der Waals surface area contributed by atoms with Gasteiger partial charge in [-0.15, -0.1) is 0 Å². The topological polar surface area (TPSA) is 80.1 Å². The molecular formula is C23H40N4O4. The standard InChI is InChI=1S/C23H40N4O4/c1-4-7-11-24-21-18-20(30-17-15-26-12-8-9-13-26)19-22(23(21)27(28)29)31-16-10-14-25(5-2)6-3/h18-19,24H,4-17H2,1-3H3. The van der Waals surface area contributed by atoms with Gasteiger partial charge in [-0.25, -0.2) is 0 Å². The van der Waals surface area contributed by atoms with Crippen LogP contribution in [0.2, 0.25) is 0 Å². The van der Waals surface area contributed by atoms with Crippen molar-refractivity contribution < 1.29 is 14.4 Å². The molecule has 1 aromatic carbocycles. The number of nitrogens with zero attached hydrogens (tertiary/aromatic N) is 3. The van der Waals surface area contributed by atoms with Crippen LogP contribution in [0.5, 0.6) is 11.5 Å². The Bertz CT molecular complexity index is 661. The van der Waals surface area contributed by atoms with E-state index in [1.165, 1.54) is 12.8 Å². The van der Waals surface area contributed by atoms with E-state index >= 15 is 0 Å². The summed E-state index contributed by atoms with van der Waals surface area (Å²) in [7, 11) is 0. The number of nitrogens with one attached hydrogen (secondary N) is 1. The zero-order valence-corrected chi connectivity index (χ0v) is 19.5. The van der Waals surface area contributed by atoms with Crippen LogP contribution in [0.15, 0.2) is 12.1 Å². The van der Waals surface area contributed by atoms with Gasteiger partial charge in [0.1, 0.15) is 18.0 Å². The molecule has 1 aliphatic heterocycles.